The summed E-state index contributed by atoms with van der Waals surface area (Å²) in [6.07, 6.45) is 4.48. The predicted molar refractivity (Wildman–Crippen MR) is 103 cm³/mol. The maximum absolute atomic E-state index is 12.7. The van der Waals surface area contributed by atoms with E-state index in [-0.39, 0.29) is 17.8 Å². The minimum atomic E-state index is -0.274. The molecule has 9 heteroatoms. The number of amides is 1. The van der Waals surface area contributed by atoms with Crippen molar-refractivity contribution in [1.82, 2.24) is 24.9 Å². The fourth-order valence-electron chi connectivity index (χ4n) is 3.90. The molecular weight excluding hydrogens is 358 g/mol. The number of nitrogens with one attached hydrogen (secondary N) is 1. The van der Waals surface area contributed by atoms with Crippen LogP contribution in [0.5, 0.6) is 5.88 Å². The lowest BCUT2D eigenvalue weighted by atomic mass is 10.1. The Balaban J connectivity index is 1.64. The van der Waals surface area contributed by atoms with Gasteiger partial charge in [0.25, 0.3) is 5.91 Å². The lowest BCUT2D eigenvalue weighted by Gasteiger charge is -2.25. The van der Waals surface area contributed by atoms with Gasteiger partial charge in [0.2, 0.25) is 5.88 Å². The molecule has 0 aliphatic carbocycles. The molecule has 3 aromatic rings. The van der Waals surface area contributed by atoms with E-state index in [1.165, 1.54) is 0 Å². The summed E-state index contributed by atoms with van der Waals surface area (Å²) in [4.78, 5) is 24.4. The lowest BCUT2D eigenvalue weighted by Crippen LogP contribution is -2.26. The molecule has 9 nitrogen and oxygen atoms in total. The van der Waals surface area contributed by atoms with Crippen molar-refractivity contribution < 1.29 is 9.53 Å². The van der Waals surface area contributed by atoms with Crippen LogP contribution in [0.3, 0.4) is 0 Å². The first-order valence-corrected chi connectivity index (χ1v) is 9.50. The Labute approximate surface area is 161 Å². The van der Waals surface area contributed by atoms with Crippen molar-refractivity contribution in [2.45, 2.75) is 25.3 Å². The number of fused-ring (bicyclic) bond motifs is 6. The molecule has 0 spiro atoms. The fraction of sp³-hybridized carbons (Fsp3) is 0.368. The quantitative estimate of drug-likeness (QED) is 0.610. The smallest absolute Gasteiger partial charge is 0.258 e. The molecular formula is C19H21N7O2. The molecule has 28 heavy (non-hydrogen) atoms. The minimum absolute atomic E-state index is 0.112. The maximum atomic E-state index is 12.7. The second kappa shape index (κ2) is 6.66. The van der Waals surface area contributed by atoms with E-state index in [0.717, 1.165) is 30.9 Å². The van der Waals surface area contributed by atoms with Gasteiger partial charge in [-0.15, -0.1) is 5.10 Å². The average molecular weight is 379 g/mol. The Hall–Kier alpha value is -3.36. The van der Waals surface area contributed by atoms with Gasteiger partial charge in [-0.05, 0) is 31.4 Å². The molecule has 3 N–H and O–H groups in total. The van der Waals surface area contributed by atoms with Gasteiger partial charge in [-0.25, -0.2) is 14.5 Å². The Morgan fingerprint density at radius 2 is 2.14 bits per heavy atom. The zero-order chi connectivity index (χ0) is 19.1. The van der Waals surface area contributed by atoms with Crippen LogP contribution in [0.25, 0.3) is 5.65 Å². The van der Waals surface area contributed by atoms with E-state index in [9.17, 15) is 4.79 Å². The molecule has 0 saturated carbocycles. The highest BCUT2D eigenvalue weighted by molar-refractivity contribution is 6.04. The summed E-state index contributed by atoms with van der Waals surface area (Å²) in [6, 6.07) is 7.88. The van der Waals surface area contributed by atoms with Gasteiger partial charge in [-0.2, -0.15) is 0 Å². The van der Waals surface area contributed by atoms with Crippen LogP contribution in [0, 0.1) is 0 Å². The Bertz CT molecular complexity index is 1050. The molecule has 0 radical (unpaired) electrons. The first-order valence-electron chi connectivity index (χ1n) is 9.50. The summed E-state index contributed by atoms with van der Waals surface area (Å²) in [5.41, 5.74) is 7.76. The van der Waals surface area contributed by atoms with Crippen LogP contribution in [-0.4, -0.2) is 45.2 Å². The van der Waals surface area contributed by atoms with Gasteiger partial charge in [0, 0.05) is 25.4 Å². The number of carbonyl (C=O) groups is 1. The minimum Gasteiger partial charge on any atom is -0.478 e. The van der Waals surface area contributed by atoms with Gasteiger partial charge in [0.05, 0.1) is 18.3 Å². The molecule has 2 aliphatic heterocycles. The third-order valence-corrected chi connectivity index (χ3v) is 5.21. The molecule has 144 valence electrons. The molecule has 1 saturated heterocycles. The van der Waals surface area contributed by atoms with Gasteiger partial charge in [-0.3, -0.25) is 4.79 Å². The second-order valence-electron chi connectivity index (χ2n) is 7.02. The van der Waals surface area contributed by atoms with Crippen LogP contribution in [0.4, 0.5) is 11.6 Å². The standard InChI is InChI=1S/C19H21N7O2/c20-17-16-18-23-14(7-10-26(18)24-17)25-9-2-5-13(25)12-4-1-6-15(22-12)28-11-3-8-21-19(16)27/h1,4,6-7,10,13H,2-3,5,8-9,11H2,(H2,20,24)(H,21,27). The molecule has 4 bridgehead atoms. The van der Waals surface area contributed by atoms with Crippen LogP contribution < -0.4 is 20.7 Å². The van der Waals surface area contributed by atoms with Crippen LogP contribution in [0.1, 0.15) is 41.4 Å². The van der Waals surface area contributed by atoms with Crippen LogP contribution >= 0.6 is 0 Å². The van der Waals surface area contributed by atoms with Gasteiger partial charge < -0.3 is 20.7 Å². The molecule has 0 aromatic carbocycles. The maximum Gasteiger partial charge on any atom is 0.258 e. The average Bonchev–Trinajstić information content (AvgIpc) is 3.30. The summed E-state index contributed by atoms with van der Waals surface area (Å²) in [6.45, 7) is 1.80. The molecule has 2 aliphatic rings. The zero-order valence-corrected chi connectivity index (χ0v) is 15.3. The van der Waals surface area contributed by atoms with Crippen molar-refractivity contribution in [1.29, 1.82) is 0 Å². The lowest BCUT2D eigenvalue weighted by molar-refractivity contribution is 0.0954. The number of nitrogens with zero attached hydrogens (tertiary/aromatic N) is 5. The third-order valence-electron chi connectivity index (χ3n) is 5.21. The van der Waals surface area contributed by atoms with Gasteiger partial charge in [0.15, 0.2) is 11.5 Å². The number of anilines is 2. The summed E-state index contributed by atoms with van der Waals surface area (Å²) < 4.78 is 7.34. The molecule has 5 heterocycles. The van der Waals surface area contributed by atoms with E-state index in [1.807, 2.05) is 24.3 Å². The highest BCUT2D eigenvalue weighted by Crippen LogP contribution is 2.35. The molecule has 1 amide bonds. The number of ether oxygens (including phenoxy) is 1. The Morgan fingerprint density at radius 3 is 3.07 bits per heavy atom. The number of rotatable bonds is 0. The summed E-state index contributed by atoms with van der Waals surface area (Å²) in [5.74, 6) is 1.29. The van der Waals surface area contributed by atoms with Crippen molar-refractivity contribution in [3.63, 3.8) is 0 Å². The number of hydrogen-bond acceptors (Lipinski definition) is 7. The topological polar surface area (TPSA) is 111 Å². The fourth-order valence-corrected chi connectivity index (χ4v) is 3.90. The van der Waals surface area contributed by atoms with Gasteiger partial charge in [-0.1, -0.05) is 6.07 Å². The Morgan fingerprint density at radius 1 is 1.21 bits per heavy atom. The van der Waals surface area contributed by atoms with Crippen LogP contribution in [0.2, 0.25) is 0 Å². The first-order chi connectivity index (χ1) is 13.7. The van der Waals surface area contributed by atoms with Crippen molar-refractivity contribution in [3.8, 4) is 5.88 Å². The predicted octanol–water partition coefficient (Wildman–Crippen LogP) is 1.56. The van der Waals surface area contributed by atoms with Crippen molar-refractivity contribution in [2.24, 2.45) is 0 Å². The third kappa shape index (κ3) is 2.79. The largest absolute Gasteiger partial charge is 0.478 e. The van der Waals surface area contributed by atoms with E-state index in [0.29, 0.717) is 36.7 Å². The molecule has 1 fully saturated rings. The first kappa shape index (κ1) is 16.8. The van der Waals surface area contributed by atoms with E-state index < -0.39 is 0 Å². The van der Waals surface area contributed by atoms with Crippen molar-refractivity contribution >= 4 is 23.2 Å². The highest BCUT2D eigenvalue weighted by Gasteiger charge is 2.29. The van der Waals surface area contributed by atoms with Crippen molar-refractivity contribution in [3.05, 3.63) is 41.7 Å². The van der Waals surface area contributed by atoms with E-state index in [4.69, 9.17) is 20.4 Å². The van der Waals surface area contributed by atoms with E-state index >= 15 is 0 Å². The zero-order valence-electron chi connectivity index (χ0n) is 15.3. The SMILES string of the molecule is Nc1nn2ccc3nc2c1C(=O)NCCCOc1cccc(n1)C1CCCN31. The monoisotopic (exact) mass is 379 g/mol. The van der Waals surface area contributed by atoms with Crippen LogP contribution in [-0.2, 0) is 0 Å². The van der Waals surface area contributed by atoms with E-state index in [2.05, 4.69) is 15.3 Å². The van der Waals surface area contributed by atoms with E-state index in [1.54, 1.807) is 10.7 Å². The van der Waals surface area contributed by atoms with Crippen molar-refractivity contribution in [2.75, 3.05) is 30.3 Å². The molecule has 1 atom stereocenters. The number of carbonyl (C=O) groups excluding carboxylic acids is 1. The number of aromatic nitrogens is 4. The molecule has 5 rings (SSSR count). The van der Waals surface area contributed by atoms with Crippen LogP contribution in [0.15, 0.2) is 30.5 Å². The summed E-state index contributed by atoms with van der Waals surface area (Å²) >= 11 is 0. The number of nitrogens with two attached hydrogens (primary N) is 1. The normalized spacial score (nSPS) is 19.6. The molecule has 3 aromatic heterocycles. The molecule has 1 unspecified atom stereocenters. The van der Waals surface area contributed by atoms with Gasteiger partial charge >= 0.3 is 0 Å². The number of hydrogen-bond donors (Lipinski definition) is 2. The summed E-state index contributed by atoms with van der Waals surface area (Å²) in [7, 11) is 0. The highest BCUT2D eigenvalue weighted by atomic mass is 16.5. The number of nitrogen functional groups attached to an aromatic ring is 1. The van der Waals surface area contributed by atoms with Gasteiger partial charge in [0.1, 0.15) is 11.4 Å². The summed E-state index contributed by atoms with van der Waals surface area (Å²) in [5, 5.41) is 7.11. The second-order valence-corrected chi connectivity index (χ2v) is 7.02. The Kier molecular flexibility index (Phi) is 4.00. The number of pyridine rings is 1.